The Bertz CT molecular complexity index is 314. The molecule has 1 aromatic rings. The van der Waals surface area contributed by atoms with Gasteiger partial charge in [0.05, 0.1) is 6.04 Å². The van der Waals surface area contributed by atoms with Crippen LogP contribution in [-0.4, -0.2) is 14.8 Å². The molecule has 1 heterocycles. The van der Waals surface area contributed by atoms with Gasteiger partial charge in [0.25, 0.3) is 0 Å². The second-order valence-corrected chi connectivity index (χ2v) is 4.20. The Kier molecular flexibility index (Phi) is 2.54. The van der Waals surface area contributed by atoms with Crippen molar-refractivity contribution < 1.29 is 0 Å². The second-order valence-electron chi connectivity index (χ2n) is 4.20. The van der Waals surface area contributed by atoms with Crippen molar-refractivity contribution in [2.75, 3.05) is 0 Å². The molecule has 1 unspecified atom stereocenters. The Hall–Kier alpha value is -0.900. The van der Waals surface area contributed by atoms with Crippen molar-refractivity contribution >= 4 is 0 Å². The van der Waals surface area contributed by atoms with Crippen LogP contribution in [0.1, 0.15) is 43.9 Å². The number of aromatic nitrogens is 3. The smallest absolute Gasteiger partial charge is 0.149 e. The summed E-state index contributed by atoms with van der Waals surface area (Å²) in [6.07, 6.45) is 4.68. The quantitative estimate of drug-likeness (QED) is 0.783. The van der Waals surface area contributed by atoms with Crippen LogP contribution in [0.15, 0.2) is 0 Å². The molecule has 4 nitrogen and oxygen atoms in total. The topological polar surface area (TPSA) is 56.7 Å². The minimum atomic E-state index is 0.0282. The molecule has 1 fully saturated rings. The highest BCUT2D eigenvalue weighted by Crippen LogP contribution is 2.32. The summed E-state index contributed by atoms with van der Waals surface area (Å²) in [7, 11) is 2.02. The van der Waals surface area contributed by atoms with Crippen molar-refractivity contribution in [2.24, 2.45) is 18.7 Å². The van der Waals surface area contributed by atoms with Crippen LogP contribution < -0.4 is 5.73 Å². The Balaban J connectivity index is 2.13. The van der Waals surface area contributed by atoms with E-state index in [0.29, 0.717) is 0 Å². The van der Waals surface area contributed by atoms with Crippen LogP contribution >= 0.6 is 0 Å². The molecule has 1 aromatic heterocycles. The zero-order valence-corrected chi connectivity index (χ0v) is 8.90. The van der Waals surface area contributed by atoms with Gasteiger partial charge in [-0.15, -0.1) is 10.2 Å². The summed E-state index contributed by atoms with van der Waals surface area (Å²) in [6, 6.07) is 0.0282. The van der Waals surface area contributed by atoms with E-state index in [1.807, 2.05) is 7.05 Å². The van der Waals surface area contributed by atoms with Crippen LogP contribution in [0.5, 0.6) is 0 Å². The largest absolute Gasteiger partial charge is 0.321 e. The van der Waals surface area contributed by atoms with Crippen LogP contribution in [0.4, 0.5) is 0 Å². The average molecular weight is 194 g/mol. The number of hydrogen-bond acceptors (Lipinski definition) is 3. The van der Waals surface area contributed by atoms with Gasteiger partial charge in [-0.3, -0.25) is 0 Å². The SMILES string of the molecule is CCC(N)c1nnc(CC2CC2)n1C. The molecule has 2 rings (SSSR count). The molecule has 1 atom stereocenters. The molecule has 0 saturated heterocycles. The molecule has 14 heavy (non-hydrogen) atoms. The van der Waals surface area contributed by atoms with Crippen LogP contribution in [0.2, 0.25) is 0 Å². The van der Waals surface area contributed by atoms with Gasteiger partial charge in [0, 0.05) is 13.5 Å². The maximum atomic E-state index is 5.93. The predicted molar refractivity (Wildman–Crippen MR) is 54.7 cm³/mol. The molecule has 0 aromatic carbocycles. The van der Waals surface area contributed by atoms with Crippen molar-refractivity contribution in [2.45, 2.75) is 38.6 Å². The van der Waals surface area contributed by atoms with Crippen LogP contribution in [-0.2, 0) is 13.5 Å². The third kappa shape index (κ3) is 1.80. The van der Waals surface area contributed by atoms with Crippen molar-refractivity contribution in [3.8, 4) is 0 Å². The monoisotopic (exact) mass is 194 g/mol. The zero-order chi connectivity index (χ0) is 10.1. The summed E-state index contributed by atoms with van der Waals surface area (Å²) in [4.78, 5) is 0. The van der Waals surface area contributed by atoms with Gasteiger partial charge in [-0.25, -0.2) is 0 Å². The van der Waals surface area contributed by atoms with Gasteiger partial charge < -0.3 is 10.3 Å². The lowest BCUT2D eigenvalue weighted by Gasteiger charge is -2.08. The lowest BCUT2D eigenvalue weighted by atomic mass is 10.2. The highest BCUT2D eigenvalue weighted by molar-refractivity contribution is 5.01. The highest BCUT2D eigenvalue weighted by atomic mass is 15.3. The molecule has 2 N–H and O–H groups in total. The molecule has 1 aliphatic rings. The van der Waals surface area contributed by atoms with E-state index < -0.39 is 0 Å². The molecule has 4 heteroatoms. The van der Waals surface area contributed by atoms with E-state index >= 15 is 0 Å². The summed E-state index contributed by atoms with van der Waals surface area (Å²) in [5.41, 5.74) is 5.93. The molecular formula is C10H18N4. The summed E-state index contributed by atoms with van der Waals surface area (Å²) >= 11 is 0. The molecule has 0 amide bonds. The van der Waals surface area contributed by atoms with Gasteiger partial charge in [0.15, 0.2) is 0 Å². The maximum Gasteiger partial charge on any atom is 0.149 e. The predicted octanol–water partition coefficient (Wildman–Crippen LogP) is 1.18. The van der Waals surface area contributed by atoms with Gasteiger partial charge in [-0.2, -0.15) is 0 Å². The van der Waals surface area contributed by atoms with E-state index in [-0.39, 0.29) is 6.04 Å². The van der Waals surface area contributed by atoms with Crippen molar-refractivity contribution in [1.82, 2.24) is 14.8 Å². The number of rotatable bonds is 4. The zero-order valence-electron chi connectivity index (χ0n) is 8.90. The second kappa shape index (κ2) is 3.69. The van der Waals surface area contributed by atoms with E-state index in [1.54, 1.807) is 0 Å². The van der Waals surface area contributed by atoms with E-state index in [4.69, 9.17) is 5.73 Å². The minimum absolute atomic E-state index is 0.0282. The van der Waals surface area contributed by atoms with Gasteiger partial charge in [0.1, 0.15) is 11.6 Å². The summed E-state index contributed by atoms with van der Waals surface area (Å²) in [5.74, 6) is 2.86. The fourth-order valence-corrected chi connectivity index (χ4v) is 1.64. The Morgan fingerprint density at radius 3 is 2.79 bits per heavy atom. The average Bonchev–Trinajstić information content (AvgIpc) is 2.92. The van der Waals surface area contributed by atoms with Crippen LogP contribution in [0.25, 0.3) is 0 Å². The Labute approximate surface area is 84.5 Å². The molecule has 0 aliphatic heterocycles. The fraction of sp³-hybridized carbons (Fsp3) is 0.800. The first-order chi connectivity index (χ1) is 6.72. The van der Waals surface area contributed by atoms with Gasteiger partial charge >= 0.3 is 0 Å². The van der Waals surface area contributed by atoms with Gasteiger partial charge in [-0.05, 0) is 25.2 Å². The standard InChI is InChI=1S/C10H18N4/c1-3-8(11)10-13-12-9(14(10)2)6-7-4-5-7/h7-8H,3-6,11H2,1-2H3. The van der Waals surface area contributed by atoms with Crippen molar-refractivity contribution in [1.29, 1.82) is 0 Å². The van der Waals surface area contributed by atoms with E-state index in [2.05, 4.69) is 21.7 Å². The maximum absolute atomic E-state index is 5.93. The van der Waals surface area contributed by atoms with Crippen molar-refractivity contribution in [3.63, 3.8) is 0 Å². The first-order valence-corrected chi connectivity index (χ1v) is 5.36. The highest BCUT2D eigenvalue weighted by Gasteiger charge is 2.25. The van der Waals surface area contributed by atoms with Crippen LogP contribution in [0, 0.1) is 5.92 Å². The van der Waals surface area contributed by atoms with E-state index in [0.717, 1.165) is 30.4 Å². The normalized spacial score (nSPS) is 18.5. The molecule has 0 spiro atoms. The third-order valence-corrected chi connectivity index (χ3v) is 2.94. The number of hydrogen-bond donors (Lipinski definition) is 1. The van der Waals surface area contributed by atoms with Gasteiger partial charge in [-0.1, -0.05) is 6.92 Å². The number of nitrogens with zero attached hydrogens (tertiary/aromatic N) is 3. The fourth-order valence-electron chi connectivity index (χ4n) is 1.64. The third-order valence-electron chi connectivity index (χ3n) is 2.94. The molecule has 1 saturated carbocycles. The minimum Gasteiger partial charge on any atom is -0.321 e. The Morgan fingerprint density at radius 1 is 1.50 bits per heavy atom. The van der Waals surface area contributed by atoms with Crippen molar-refractivity contribution in [3.05, 3.63) is 11.6 Å². The number of nitrogens with two attached hydrogens (primary N) is 1. The lowest BCUT2D eigenvalue weighted by Crippen LogP contribution is -2.15. The first-order valence-electron chi connectivity index (χ1n) is 5.36. The van der Waals surface area contributed by atoms with E-state index in [1.165, 1.54) is 12.8 Å². The molecule has 0 radical (unpaired) electrons. The molecule has 1 aliphatic carbocycles. The van der Waals surface area contributed by atoms with E-state index in [9.17, 15) is 0 Å². The summed E-state index contributed by atoms with van der Waals surface area (Å²) in [5, 5.41) is 8.35. The van der Waals surface area contributed by atoms with Gasteiger partial charge in [0.2, 0.25) is 0 Å². The molecular weight excluding hydrogens is 176 g/mol. The first kappa shape index (κ1) is 9.65. The van der Waals surface area contributed by atoms with Crippen LogP contribution in [0.3, 0.4) is 0 Å². The lowest BCUT2D eigenvalue weighted by molar-refractivity contribution is 0.603. The molecule has 78 valence electrons. The summed E-state index contributed by atoms with van der Waals surface area (Å²) < 4.78 is 2.06. The molecule has 0 bridgehead atoms. The Morgan fingerprint density at radius 2 is 2.21 bits per heavy atom. The summed E-state index contributed by atoms with van der Waals surface area (Å²) in [6.45, 7) is 2.07.